The van der Waals surface area contributed by atoms with E-state index in [2.05, 4.69) is 0 Å². The molecule has 0 saturated heterocycles. The van der Waals surface area contributed by atoms with E-state index in [-0.39, 0.29) is 6.04 Å². The van der Waals surface area contributed by atoms with Crippen LogP contribution < -0.4 is 10.5 Å². The van der Waals surface area contributed by atoms with Crippen molar-refractivity contribution in [2.45, 2.75) is 45.8 Å². The van der Waals surface area contributed by atoms with Crippen molar-refractivity contribution in [2.75, 3.05) is 6.61 Å². The summed E-state index contributed by atoms with van der Waals surface area (Å²) < 4.78 is 24.3. The van der Waals surface area contributed by atoms with Crippen LogP contribution in [0.25, 0.3) is 0 Å². The summed E-state index contributed by atoms with van der Waals surface area (Å²) in [7, 11) is 0. The van der Waals surface area contributed by atoms with Crippen molar-refractivity contribution < 1.29 is 18.7 Å². The molecule has 2 atom stereocenters. The molecule has 0 fully saturated rings. The van der Waals surface area contributed by atoms with Crippen LogP contribution >= 0.6 is 0 Å². The van der Waals surface area contributed by atoms with Crippen LogP contribution in [0.4, 0.5) is 4.39 Å². The molecule has 0 spiro atoms. The van der Waals surface area contributed by atoms with Crippen LogP contribution in [0.15, 0.2) is 18.2 Å². The lowest BCUT2D eigenvalue weighted by Crippen LogP contribution is -2.29. The number of benzene rings is 1. The molecule has 0 amide bonds. The van der Waals surface area contributed by atoms with E-state index in [9.17, 15) is 9.18 Å². The Hall–Kier alpha value is -1.62. The van der Waals surface area contributed by atoms with E-state index in [0.717, 1.165) is 6.42 Å². The largest absolute Gasteiger partial charge is 0.479 e. The van der Waals surface area contributed by atoms with Crippen LogP contribution in [0, 0.1) is 5.82 Å². The SMILES string of the molecule is CCCC(Oc1ccc([C@@H](C)N)c(F)c1)C(=O)OCC. The second-order valence-corrected chi connectivity index (χ2v) is 4.62. The monoisotopic (exact) mass is 283 g/mol. The molecule has 2 N–H and O–H groups in total. The zero-order valence-corrected chi connectivity index (χ0v) is 12.2. The quantitative estimate of drug-likeness (QED) is 0.781. The molecule has 1 unspecified atom stereocenters. The number of hydrogen-bond donors (Lipinski definition) is 1. The van der Waals surface area contributed by atoms with Gasteiger partial charge < -0.3 is 15.2 Å². The molecule has 20 heavy (non-hydrogen) atoms. The predicted octanol–water partition coefficient (Wildman–Crippen LogP) is 2.96. The first-order valence-electron chi connectivity index (χ1n) is 6.87. The first kappa shape index (κ1) is 16.4. The van der Waals surface area contributed by atoms with E-state index in [1.54, 1.807) is 26.0 Å². The second-order valence-electron chi connectivity index (χ2n) is 4.62. The molecule has 5 heteroatoms. The number of halogens is 1. The lowest BCUT2D eigenvalue weighted by molar-refractivity contribution is -0.151. The average molecular weight is 283 g/mol. The third-order valence-corrected chi connectivity index (χ3v) is 2.84. The van der Waals surface area contributed by atoms with Gasteiger partial charge in [-0.2, -0.15) is 0 Å². The zero-order valence-electron chi connectivity index (χ0n) is 12.2. The van der Waals surface area contributed by atoms with Gasteiger partial charge in [0.1, 0.15) is 11.6 Å². The molecule has 0 aliphatic carbocycles. The maximum Gasteiger partial charge on any atom is 0.347 e. The highest BCUT2D eigenvalue weighted by molar-refractivity contribution is 5.75. The molecule has 1 aromatic rings. The molecule has 112 valence electrons. The Bertz CT molecular complexity index is 449. The molecule has 0 heterocycles. The first-order chi connectivity index (χ1) is 9.49. The summed E-state index contributed by atoms with van der Waals surface area (Å²) in [5.41, 5.74) is 6.06. The molecular weight excluding hydrogens is 261 g/mol. The van der Waals surface area contributed by atoms with Crippen LogP contribution in [0.3, 0.4) is 0 Å². The fraction of sp³-hybridized carbons (Fsp3) is 0.533. The van der Waals surface area contributed by atoms with Gasteiger partial charge in [0, 0.05) is 17.7 Å². The van der Waals surface area contributed by atoms with Crippen molar-refractivity contribution in [3.05, 3.63) is 29.6 Å². The molecule has 0 aliphatic heterocycles. The van der Waals surface area contributed by atoms with E-state index in [1.807, 2.05) is 6.92 Å². The van der Waals surface area contributed by atoms with Crippen molar-refractivity contribution >= 4 is 5.97 Å². The Morgan fingerprint density at radius 3 is 2.60 bits per heavy atom. The van der Waals surface area contributed by atoms with Gasteiger partial charge in [-0.05, 0) is 26.3 Å². The molecule has 0 radical (unpaired) electrons. The van der Waals surface area contributed by atoms with Crippen molar-refractivity contribution in [1.29, 1.82) is 0 Å². The number of rotatable bonds is 7. The average Bonchev–Trinajstić information content (AvgIpc) is 2.38. The summed E-state index contributed by atoms with van der Waals surface area (Å²) in [6, 6.07) is 4.05. The van der Waals surface area contributed by atoms with Gasteiger partial charge in [-0.25, -0.2) is 9.18 Å². The van der Waals surface area contributed by atoms with Crippen LogP contribution in [0.2, 0.25) is 0 Å². The molecule has 1 rings (SSSR count). The summed E-state index contributed by atoms with van der Waals surface area (Å²) in [5.74, 6) is -0.555. The summed E-state index contributed by atoms with van der Waals surface area (Å²) in [6.45, 7) is 5.67. The fourth-order valence-corrected chi connectivity index (χ4v) is 1.84. The Balaban J connectivity index is 2.83. The third-order valence-electron chi connectivity index (χ3n) is 2.84. The highest BCUT2D eigenvalue weighted by atomic mass is 19.1. The van der Waals surface area contributed by atoms with Gasteiger partial charge in [0.15, 0.2) is 6.10 Å². The van der Waals surface area contributed by atoms with Crippen molar-refractivity contribution in [3.8, 4) is 5.75 Å². The van der Waals surface area contributed by atoms with Gasteiger partial charge in [0.05, 0.1) is 6.61 Å². The topological polar surface area (TPSA) is 61.5 Å². The number of esters is 1. The van der Waals surface area contributed by atoms with Crippen LogP contribution in [-0.2, 0) is 9.53 Å². The minimum absolute atomic E-state index is 0.292. The molecule has 0 saturated carbocycles. The molecule has 1 aromatic carbocycles. The summed E-state index contributed by atoms with van der Waals surface area (Å²) in [5, 5.41) is 0. The van der Waals surface area contributed by atoms with Gasteiger partial charge in [-0.1, -0.05) is 19.4 Å². The van der Waals surface area contributed by atoms with Gasteiger partial charge >= 0.3 is 5.97 Å². The smallest absolute Gasteiger partial charge is 0.347 e. The molecule has 4 nitrogen and oxygen atoms in total. The highest BCUT2D eigenvalue weighted by Gasteiger charge is 2.21. The number of hydrogen-bond acceptors (Lipinski definition) is 4. The van der Waals surface area contributed by atoms with Crippen LogP contribution in [0.1, 0.15) is 45.2 Å². The minimum Gasteiger partial charge on any atom is -0.479 e. The number of ether oxygens (including phenoxy) is 2. The standard InChI is InChI=1S/C15H22FNO3/c1-4-6-14(15(18)19-5-2)20-11-7-8-12(10(3)17)13(16)9-11/h7-10,14H,4-6,17H2,1-3H3/t10-,14?/m1/s1. The van der Waals surface area contributed by atoms with Gasteiger partial charge in [0.25, 0.3) is 0 Å². The number of carbonyl (C=O) groups is 1. The van der Waals surface area contributed by atoms with E-state index in [4.69, 9.17) is 15.2 Å². The maximum atomic E-state index is 13.8. The van der Waals surface area contributed by atoms with Crippen molar-refractivity contribution in [2.24, 2.45) is 5.73 Å². The lowest BCUT2D eigenvalue weighted by Gasteiger charge is -2.18. The van der Waals surface area contributed by atoms with Crippen molar-refractivity contribution in [3.63, 3.8) is 0 Å². The number of carbonyl (C=O) groups excluding carboxylic acids is 1. The Labute approximate surface area is 119 Å². The summed E-state index contributed by atoms with van der Waals surface area (Å²) in [4.78, 5) is 11.7. The van der Waals surface area contributed by atoms with Gasteiger partial charge in [-0.3, -0.25) is 0 Å². The second kappa shape index (κ2) is 7.85. The van der Waals surface area contributed by atoms with E-state index >= 15 is 0 Å². The third kappa shape index (κ3) is 4.49. The van der Waals surface area contributed by atoms with Gasteiger partial charge in [0.2, 0.25) is 0 Å². The Morgan fingerprint density at radius 2 is 2.10 bits per heavy atom. The molecule has 0 bridgehead atoms. The normalized spacial score (nSPS) is 13.7. The van der Waals surface area contributed by atoms with E-state index in [0.29, 0.717) is 24.3 Å². The van der Waals surface area contributed by atoms with E-state index < -0.39 is 17.9 Å². The van der Waals surface area contributed by atoms with Gasteiger partial charge in [-0.15, -0.1) is 0 Å². The molecule has 0 aliphatic rings. The Morgan fingerprint density at radius 1 is 1.40 bits per heavy atom. The van der Waals surface area contributed by atoms with Crippen LogP contribution in [-0.4, -0.2) is 18.7 Å². The zero-order chi connectivity index (χ0) is 15.1. The highest BCUT2D eigenvalue weighted by Crippen LogP contribution is 2.22. The van der Waals surface area contributed by atoms with E-state index in [1.165, 1.54) is 6.07 Å². The summed E-state index contributed by atoms with van der Waals surface area (Å²) >= 11 is 0. The first-order valence-corrected chi connectivity index (χ1v) is 6.87. The summed E-state index contributed by atoms with van der Waals surface area (Å²) in [6.07, 6.45) is 0.583. The lowest BCUT2D eigenvalue weighted by atomic mass is 10.1. The number of nitrogens with two attached hydrogens (primary N) is 1. The van der Waals surface area contributed by atoms with Crippen molar-refractivity contribution in [1.82, 2.24) is 0 Å². The van der Waals surface area contributed by atoms with Crippen LogP contribution in [0.5, 0.6) is 5.75 Å². The maximum absolute atomic E-state index is 13.8. The molecule has 0 aromatic heterocycles. The minimum atomic E-state index is -0.708. The molecular formula is C15H22FNO3. The predicted molar refractivity (Wildman–Crippen MR) is 75.0 cm³/mol. The Kier molecular flexibility index (Phi) is 6.45. The fourth-order valence-electron chi connectivity index (χ4n) is 1.84.